The lowest BCUT2D eigenvalue weighted by Crippen LogP contribution is -2.24. The molecule has 0 aliphatic rings. The van der Waals surface area contributed by atoms with E-state index in [1.165, 1.54) is 0 Å². The van der Waals surface area contributed by atoms with Gasteiger partial charge in [0.25, 0.3) is 5.91 Å². The fourth-order valence-corrected chi connectivity index (χ4v) is 2.29. The van der Waals surface area contributed by atoms with Gasteiger partial charge in [-0.15, -0.1) is 10.2 Å². The summed E-state index contributed by atoms with van der Waals surface area (Å²) in [6, 6.07) is 15.1. The van der Waals surface area contributed by atoms with E-state index < -0.39 is 0 Å². The van der Waals surface area contributed by atoms with Crippen molar-refractivity contribution >= 4 is 17.4 Å². The number of carbonyl (C=O) groups is 1. The van der Waals surface area contributed by atoms with E-state index in [0.717, 1.165) is 22.5 Å². The van der Waals surface area contributed by atoms with Crippen molar-refractivity contribution in [1.29, 1.82) is 0 Å². The van der Waals surface area contributed by atoms with Crippen molar-refractivity contribution < 1.29 is 4.79 Å². The van der Waals surface area contributed by atoms with Gasteiger partial charge in [0.15, 0.2) is 11.5 Å². The first-order chi connectivity index (χ1) is 12.1. The summed E-state index contributed by atoms with van der Waals surface area (Å²) >= 11 is 0. The van der Waals surface area contributed by atoms with Crippen molar-refractivity contribution in [1.82, 2.24) is 20.5 Å². The van der Waals surface area contributed by atoms with Gasteiger partial charge in [-0.25, -0.2) is 0 Å². The fourth-order valence-electron chi connectivity index (χ4n) is 2.29. The summed E-state index contributed by atoms with van der Waals surface area (Å²) in [7, 11) is 0. The van der Waals surface area contributed by atoms with Crippen LogP contribution in [0.3, 0.4) is 0 Å². The van der Waals surface area contributed by atoms with Crippen LogP contribution in [0, 0.1) is 13.8 Å². The Hall–Kier alpha value is -3.28. The largest absolute Gasteiger partial charge is 0.345 e. The van der Waals surface area contributed by atoms with Gasteiger partial charge < -0.3 is 10.6 Å². The standard InChI is InChI=1S/C19H19N5O/c1-13-6-7-14(2)17(11-13)22-18-9-8-16(23-24-18)19(25)21-12-15-5-3-4-10-20-15/h3-11H,12H2,1-2H3,(H,21,25)(H,22,24). The van der Waals surface area contributed by atoms with E-state index in [2.05, 4.69) is 31.9 Å². The zero-order valence-corrected chi connectivity index (χ0v) is 14.2. The summed E-state index contributed by atoms with van der Waals surface area (Å²) in [6.07, 6.45) is 1.69. The first-order valence-corrected chi connectivity index (χ1v) is 7.98. The summed E-state index contributed by atoms with van der Waals surface area (Å²) < 4.78 is 0. The highest BCUT2D eigenvalue weighted by atomic mass is 16.1. The van der Waals surface area contributed by atoms with Crippen LogP contribution in [0.25, 0.3) is 0 Å². The van der Waals surface area contributed by atoms with Crippen LogP contribution in [0.1, 0.15) is 27.3 Å². The molecule has 0 unspecified atom stereocenters. The summed E-state index contributed by atoms with van der Waals surface area (Å²) in [5.41, 5.74) is 4.30. The van der Waals surface area contributed by atoms with Gasteiger partial charge in [-0.05, 0) is 55.3 Å². The molecular formula is C19H19N5O. The van der Waals surface area contributed by atoms with Crippen LogP contribution in [0.5, 0.6) is 0 Å². The molecule has 2 aromatic heterocycles. The van der Waals surface area contributed by atoms with Crippen molar-refractivity contribution in [2.75, 3.05) is 5.32 Å². The van der Waals surface area contributed by atoms with Crippen molar-refractivity contribution in [3.8, 4) is 0 Å². The van der Waals surface area contributed by atoms with Gasteiger partial charge in [-0.3, -0.25) is 9.78 Å². The highest BCUT2D eigenvalue weighted by Crippen LogP contribution is 2.20. The van der Waals surface area contributed by atoms with Crippen LogP contribution in [0.2, 0.25) is 0 Å². The molecular weight excluding hydrogens is 314 g/mol. The maximum Gasteiger partial charge on any atom is 0.272 e. The van der Waals surface area contributed by atoms with Crippen LogP contribution in [0.15, 0.2) is 54.7 Å². The Morgan fingerprint density at radius 2 is 1.92 bits per heavy atom. The predicted octanol–water partition coefficient (Wildman–Crippen LogP) is 3.16. The molecule has 0 aliphatic carbocycles. The number of carbonyl (C=O) groups excluding carboxylic acids is 1. The van der Waals surface area contributed by atoms with Crippen LogP contribution in [0.4, 0.5) is 11.5 Å². The maximum absolute atomic E-state index is 12.1. The first-order valence-electron chi connectivity index (χ1n) is 7.98. The normalized spacial score (nSPS) is 10.3. The van der Waals surface area contributed by atoms with Gasteiger partial charge in [0.05, 0.1) is 12.2 Å². The predicted molar refractivity (Wildman–Crippen MR) is 96.6 cm³/mol. The molecule has 0 saturated heterocycles. The van der Waals surface area contributed by atoms with E-state index in [9.17, 15) is 4.79 Å². The van der Waals surface area contributed by atoms with Gasteiger partial charge in [0, 0.05) is 11.9 Å². The van der Waals surface area contributed by atoms with Crippen LogP contribution in [-0.2, 0) is 6.54 Å². The molecule has 25 heavy (non-hydrogen) atoms. The minimum Gasteiger partial charge on any atom is -0.345 e. The van der Waals surface area contributed by atoms with E-state index in [4.69, 9.17) is 0 Å². The SMILES string of the molecule is Cc1ccc(C)c(Nc2ccc(C(=O)NCc3ccccn3)nn2)c1. The lowest BCUT2D eigenvalue weighted by Gasteiger charge is -2.09. The third-order valence-electron chi connectivity index (χ3n) is 3.71. The van der Waals surface area contributed by atoms with Gasteiger partial charge in [-0.2, -0.15) is 0 Å². The molecule has 3 rings (SSSR count). The number of nitrogens with one attached hydrogen (secondary N) is 2. The molecule has 0 atom stereocenters. The lowest BCUT2D eigenvalue weighted by molar-refractivity contribution is 0.0944. The number of aryl methyl sites for hydroxylation is 2. The second kappa shape index (κ2) is 7.53. The van der Waals surface area contributed by atoms with E-state index in [1.54, 1.807) is 18.3 Å². The minimum absolute atomic E-state index is 0.266. The average Bonchev–Trinajstić information content (AvgIpc) is 2.64. The molecule has 3 aromatic rings. The highest BCUT2D eigenvalue weighted by molar-refractivity contribution is 5.92. The van der Waals surface area contributed by atoms with E-state index in [0.29, 0.717) is 12.4 Å². The summed E-state index contributed by atoms with van der Waals surface area (Å²) in [5.74, 6) is 0.311. The molecule has 2 N–H and O–H groups in total. The molecule has 6 heteroatoms. The smallest absolute Gasteiger partial charge is 0.272 e. The number of benzene rings is 1. The number of anilines is 2. The molecule has 0 radical (unpaired) electrons. The van der Waals surface area contributed by atoms with Gasteiger partial charge in [-0.1, -0.05) is 18.2 Å². The number of pyridine rings is 1. The molecule has 2 heterocycles. The van der Waals surface area contributed by atoms with Crippen molar-refractivity contribution in [3.05, 3.63) is 77.2 Å². The molecule has 0 bridgehead atoms. The summed E-state index contributed by atoms with van der Waals surface area (Å²) in [5, 5.41) is 14.1. The Labute approximate surface area is 146 Å². The van der Waals surface area contributed by atoms with E-state index >= 15 is 0 Å². The van der Waals surface area contributed by atoms with Crippen molar-refractivity contribution in [2.45, 2.75) is 20.4 Å². The quantitative estimate of drug-likeness (QED) is 0.750. The van der Waals surface area contributed by atoms with Crippen LogP contribution in [-0.4, -0.2) is 21.1 Å². The van der Waals surface area contributed by atoms with Gasteiger partial charge in [0.2, 0.25) is 0 Å². The summed E-state index contributed by atoms with van der Waals surface area (Å²) in [6.45, 7) is 4.41. The summed E-state index contributed by atoms with van der Waals surface area (Å²) in [4.78, 5) is 16.3. The Morgan fingerprint density at radius 3 is 2.64 bits per heavy atom. The Bertz CT molecular complexity index is 863. The number of nitrogens with zero attached hydrogens (tertiary/aromatic N) is 3. The monoisotopic (exact) mass is 333 g/mol. The molecule has 6 nitrogen and oxygen atoms in total. The molecule has 0 fully saturated rings. The zero-order chi connectivity index (χ0) is 17.6. The molecule has 1 aromatic carbocycles. The molecule has 0 saturated carbocycles. The maximum atomic E-state index is 12.1. The topological polar surface area (TPSA) is 79.8 Å². The number of amides is 1. The Balaban J connectivity index is 1.63. The Morgan fingerprint density at radius 1 is 1.04 bits per heavy atom. The number of hydrogen-bond acceptors (Lipinski definition) is 5. The number of aromatic nitrogens is 3. The average molecular weight is 333 g/mol. The molecule has 0 aliphatic heterocycles. The minimum atomic E-state index is -0.281. The first kappa shape index (κ1) is 16.6. The van der Waals surface area contributed by atoms with Gasteiger partial charge in [0.1, 0.15) is 0 Å². The van der Waals surface area contributed by atoms with E-state index in [1.807, 2.05) is 44.2 Å². The second-order valence-corrected chi connectivity index (χ2v) is 5.75. The zero-order valence-electron chi connectivity index (χ0n) is 14.2. The van der Waals surface area contributed by atoms with Gasteiger partial charge >= 0.3 is 0 Å². The number of hydrogen-bond donors (Lipinski definition) is 2. The third kappa shape index (κ3) is 4.38. The van der Waals surface area contributed by atoms with Crippen molar-refractivity contribution in [2.24, 2.45) is 0 Å². The second-order valence-electron chi connectivity index (χ2n) is 5.75. The van der Waals surface area contributed by atoms with Crippen molar-refractivity contribution in [3.63, 3.8) is 0 Å². The third-order valence-corrected chi connectivity index (χ3v) is 3.71. The number of rotatable bonds is 5. The highest BCUT2D eigenvalue weighted by Gasteiger charge is 2.09. The molecule has 1 amide bonds. The van der Waals surface area contributed by atoms with Crippen LogP contribution >= 0.6 is 0 Å². The Kier molecular flexibility index (Phi) is 4.99. The fraction of sp³-hybridized carbons (Fsp3) is 0.158. The van der Waals surface area contributed by atoms with Crippen LogP contribution < -0.4 is 10.6 Å². The lowest BCUT2D eigenvalue weighted by atomic mass is 10.1. The molecule has 0 spiro atoms. The van der Waals surface area contributed by atoms with E-state index in [-0.39, 0.29) is 11.6 Å². The molecule has 126 valence electrons.